The van der Waals surface area contributed by atoms with Crippen molar-refractivity contribution in [3.05, 3.63) is 75.8 Å². The van der Waals surface area contributed by atoms with E-state index in [0.717, 1.165) is 8.95 Å². The van der Waals surface area contributed by atoms with Crippen molar-refractivity contribution in [2.45, 2.75) is 9.79 Å². The van der Waals surface area contributed by atoms with Crippen molar-refractivity contribution < 1.29 is 17.9 Å². The Hall–Kier alpha value is -2.29. The monoisotopic (exact) mass is 534 g/mol. The summed E-state index contributed by atoms with van der Waals surface area (Å²) in [4.78, 5) is 3.39. The molecule has 0 amide bonds. The molecular weight excluding hydrogens is 522 g/mol. The Morgan fingerprint density at radius 2 is 1.62 bits per heavy atom. The summed E-state index contributed by atoms with van der Waals surface area (Å²) in [7, 11) is -2.19. The van der Waals surface area contributed by atoms with Gasteiger partial charge < -0.3 is 14.5 Å². The van der Waals surface area contributed by atoms with E-state index in [1.165, 1.54) is 25.4 Å². The molecule has 8 heteroatoms. The number of halogens is 2. The number of aromatic amines is 1. The number of benzene rings is 3. The SMILES string of the molecule is COc1ccc(S(=O)(=O)c2c[nH]c3ccc(Oc4c(Br)c[c]cc4Br)cc23)cc1. The summed E-state index contributed by atoms with van der Waals surface area (Å²) >= 11 is 6.87. The van der Waals surface area contributed by atoms with Crippen LogP contribution in [0.1, 0.15) is 0 Å². The van der Waals surface area contributed by atoms with Gasteiger partial charge in [0, 0.05) is 17.1 Å². The van der Waals surface area contributed by atoms with E-state index in [2.05, 4.69) is 42.9 Å². The zero-order valence-electron chi connectivity index (χ0n) is 15.1. The number of methoxy groups -OCH3 is 1. The van der Waals surface area contributed by atoms with Crippen LogP contribution in [0.15, 0.2) is 79.5 Å². The first-order valence-electron chi connectivity index (χ1n) is 8.43. The smallest absolute Gasteiger partial charge is 0.208 e. The average molecular weight is 536 g/mol. The minimum absolute atomic E-state index is 0.183. The highest BCUT2D eigenvalue weighted by atomic mass is 79.9. The summed E-state index contributed by atoms with van der Waals surface area (Å²) in [5.74, 6) is 1.68. The molecule has 0 atom stereocenters. The Morgan fingerprint density at radius 3 is 2.28 bits per heavy atom. The third-order valence-electron chi connectivity index (χ3n) is 4.35. The molecule has 29 heavy (non-hydrogen) atoms. The molecule has 0 aliphatic rings. The highest BCUT2D eigenvalue weighted by Gasteiger charge is 2.22. The Balaban J connectivity index is 1.77. The van der Waals surface area contributed by atoms with Crippen molar-refractivity contribution in [3.63, 3.8) is 0 Å². The van der Waals surface area contributed by atoms with Gasteiger partial charge in [0.05, 0.1) is 25.8 Å². The van der Waals surface area contributed by atoms with Gasteiger partial charge in [0.25, 0.3) is 0 Å². The van der Waals surface area contributed by atoms with Crippen LogP contribution in [0.4, 0.5) is 0 Å². The molecule has 4 aromatic rings. The van der Waals surface area contributed by atoms with Crippen molar-refractivity contribution in [1.29, 1.82) is 0 Å². The summed E-state index contributed by atoms with van der Waals surface area (Å²) in [6, 6.07) is 18.0. The summed E-state index contributed by atoms with van der Waals surface area (Å²) < 4.78 is 38.9. The molecule has 0 spiro atoms. The molecule has 0 bridgehead atoms. The molecule has 1 aromatic heterocycles. The van der Waals surface area contributed by atoms with Crippen LogP contribution in [0.3, 0.4) is 0 Å². The van der Waals surface area contributed by atoms with Crippen molar-refractivity contribution in [1.82, 2.24) is 4.98 Å². The molecule has 0 saturated heterocycles. The number of H-pyrrole nitrogens is 1. The van der Waals surface area contributed by atoms with E-state index < -0.39 is 9.84 Å². The van der Waals surface area contributed by atoms with E-state index in [4.69, 9.17) is 9.47 Å². The van der Waals surface area contributed by atoms with Crippen LogP contribution >= 0.6 is 31.9 Å². The van der Waals surface area contributed by atoms with Gasteiger partial charge >= 0.3 is 0 Å². The zero-order valence-corrected chi connectivity index (χ0v) is 19.1. The van der Waals surface area contributed by atoms with Crippen LogP contribution in [0.5, 0.6) is 17.2 Å². The van der Waals surface area contributed by atoms with Gasteiger partial charge in [-0.05, 0) is 92.5 Å². The van der Waals surface area contributed by atoms with Crippen molar-refractivity contribution in [2.75, 3.05) is 7.11 Å². The van der Waals surface area contributed by atoms with E-state index >= 15 is 0 Å². The molecule has 147 valence electrons. The number of hydrogen-bond donors (Lipinski definition) is 1. The average Bonchev–Trinajstić information content (AvgIpc) is 3.15. The van der Waals surface area contributed by atoms with Gasteiger partial charge in [-0.3, -0.25) is 0 Å². The highest BCUT2D eigenvalue weighted by Crippen LogP contribution is 2.38. The highest BCUT2D eigenvalue weighted by molar-refractivity contribution is 9.11. The third kappa shape index (κ3) is 3.80. The van der Waals surface area contributed by atoms with E-state index in [1.54, 1.807) is 42.5 Å². The quantitative estimate of drug-likeness (QED) is 0.334. The van der Waals surface area contributed by atoms with Crippen LogP contribution in [-0.2, 0) is 9.84 Å². The molecule has 1 radical (unpaired) electrons. The fourth-order valence-corrected chi connectivity index (χ4v) is 5.43. The van der Waals surface area contributed by atoms with Gasteiger partial charge in [-0.15, -0.1) is 0 Å². The molecule has 0 saturated carbocycles. The summed E-state index contributed by atoms with van der Waals surface area (Å²) in [6.07, 6.45) is 1.50. The number of fused-ring (bicyclic) bond motifs is 1. The predicted molar refractivity (Wildman–Crippen MR) is 117 cm³/mol. The normalized spacial score (nSPS) is 11.6. The molecular formula is C21H14Br2NO4S. The number of rotatable bonds is 5. The summed E-state index contributed by atoms with van der Waals surface area (Å²) in [5.41, 5.74) is 0.698. The lowest BCUT2D eigenvalue weighted by Crippen LogP contribution is -2.01. The molecule has 4 rings (SSSR count). The fraction of sp³-hybridized carbons (Fsp3) is 0.0476. The number of sulfone groups is 1. The van der Waals surface area contributed by atoms with E-state index in [-0.39, 0.29) is 9.79 Å². The Morgan fingerprint density at radius 1 is 0.966 bits per heavy atom. The topological polar surface area (TPSA) is 68.4 Å². The van der Waals surface area contributed by atoms with E-state index in [1.807, 2.05) is 0 Å². The number of aromatic nitrogens is 1. The lowest BCUT2D eigenvalue weighted by Gasteiger charge is -2.10. The van der Waals surface area contributed by atoms with Gasteiger partial charge in [0.2, 0.25) is 9.84 Å². The maximum Gasteiger partial charge on any atom is 0.208 e. The Labute approximate surface area is 184 Å². The van der Waals surface area contributed by atoms with Crippen molar-refractivity contribution in [3.8, 4) is 17.2 Å². The Kier molecular flexibility index (Phi) is 5.42. The summed E-state index contributed by atoms with van der Waals surface area (Å²) in [6.45, 7) is 0. The van der Waals surface area contributed by atoms with Gasteiger partial charge in [0.1, 0.15) is 11.5 Å². The molecule has 0 fully saturated rings. The minimum atomic E-state index is -3.72. The predicted octanol–water partition coefficient (Wildman–Crippen LogP) is 6.13. The van der Waals surface area contributed by atoms with Gasteiger partial charge in [-0.1, -0.05) is 0 Å². The van der Waals surface area contributed by atoms with Crippen LogP contribution < -0.4 is 9.47 Å². The second-order valence-electron chi connectivity index (χ2n) is 6.12. The molecule has 0 aliphatic carbocycles. The van der Waals surface area contributed by atoms with Crippen molar-refractivity contribution >= 4 is 52.6 Å². The first-order chi connectivity index (χ1) is 13.9. The second kappa shape index (κ2) is 7.85. The lowest BCUT2D eigenvalue weighted by atomic mass is 10.2. The second-order valence-corrected chi connectivity index (χ2v) is 9.75. The number of nitrogens with one attached hydrogen (secondary N) is 1. The van der Waals surface area contributed by atoms with Crippen LogP contribution in [0.2, 0.25) is 0 Å². The standard InChI is InChI=1S/C21H14Br2NO4S/c1-27-13-5-8-15(9-6-13)29(25,26)20-12-24-19-10-7-14(11-16(19)20)28-21-17(22)3-2-4-18(21)23/h3-12,24H,1H3. The van der Waals surface area contributed by atoms with Crippen LogP contribution in [-0.4, -0.2) is 20.5 Å². The van der Waals surface area contributed by atoms with Crippen LogP contribution in [0.25, 0.3) is 10.9 Å². The van der Waals surface area contributed by atoms with Crippen LogP contribution in [0, 0.1) is 6.07 Å². The first kappa shape index (κ1) is 20.0. The maximum absolute atomic E-state index is 13.2. The van der Waals surface area contributed by atoms with Gasteiger partial charge in [-0.2, -0.15) is 0 Å². The van der Waals surface area contributed by atoms with Gasteiger partial charge in [-0.25, -0.2) is 8.42 Å². The first-order valence-corrected chi connectivity index (χ1v) is 11.5. The van der Waals surface area contributed by atoms with E-state index in [0.29, 0.717) is 28.2 Å². The molecule has 5 nitrogen and oxygen atoms in total. The molecule has 1 N–H and O–H groups in total. The lowest BCUT2D eigenvalue weighted by molar-refractivity contribution is 0.414. The molecule has 0 unspecified atom stereocenters. The summed E-state index contributed by atoms with van der Waals surface area (Å²) in [5, 5.41) is 0.549. The minimum Gasteiger partial charge on any atom is -0.497 e. The Bertz CT molecular complexity index is 1280. The maximum atomic E-state index is 13.2. The van der Waals surface area contributed by atoms with Gasteiger partial charge in [0.15, 0.2) is 5.75 Å². The molecule has 1 heterocycles. The fourth-order valence-electron chi connectivity index (χ4n) is 2.89. The molecule has 3 aromatic carbocycles. The zero-order chi connectivity index (χ0) is 20.6. The third-order valence-corrected chi connectivity index (χ3v) is 7.34. The number of ether oxygens (including phenoxy) is 2. The largest absolute Gasteiger partial charge is 0.497 e. The molecule has 0 aliphatic heterocycles. The van der Waals surface area contributed by atoms with Crippen molar-refractivity contribution in [2.24, 2.45) is 0 Å². The number of hydrogen-bond acceptors (Lipinski definition) is 4. The van der Waals surface area contributed by atoms with E-state index in [9.17, 15) is 8.42 Å².